The van der Waals surface area contributed by atoms with E-state index in [1.165, 1.54) is 5.56 Å². The first-order valence-corrected chi connectivity index (χ1v) is 7.95. The minimum Gasteiger partial charge on any atom is -0.497 e. The number of aromatic nitrogens is 4. The van der Waals surface area contributed by atoms with Gasteiger partial charge in [0.1, 0.15) is 17.9 Å². The number of imidazole rings is 1. The molecule has 4 aromatic rings. The fraction of sp³-hybridized carbons (Fsp3) is 0.105. The average molecular weight is 404 g/mol. The van der Waals surface area contributed by atoms with Gasteiger partial charge in [0, 0.05) is 24.3 Å². The number of ether oxygens (including phenoxy) is 1. The van der Waals surface area contributed by atoms with Gasteiger partial charge in [-0.2, -0.15) is 4.98 Å². The van der Waals surface area contributed by atoms with Crippen LogP contribution < -0.4 is 10.1 Å². The number of rotatable bonds is 5. The summed E-state index contributed by atoms with van der Waals surface area (Å²) in [7, 11) is 1.65. The second-order valence-corrected chi connectivity index (χ2v) is 5.56. The lowest BCUT2D eigenvalue weighted by Gasteiger charge is -2.12. The molecule has 0 aliphatic rings. The van der Waals surface area contributed by atoms with Crippen LogP contribution in [0.1, 0.15) is 5.56 Å². The normalized spacial score (nSPS) is 9.96. The van der Waals surface area contributed by atoms with Crippen LogP contribution in [-0.2, 0) is 6.54 Å². The molecule has 0 radical (unpaired) electrons. The fourth-order valence-electron chi connectivity index (χ4n) is 2.63. The molecular formula is C19H19Cl2N5O. The smallest absolute Gasteiger partial charge is 0.237 e. The zero-order valence-corrected chi connectivity index (χ0v) is 16.2. The molecule has 140 valence electrons. The van der Waals surface area contributed by atoms with Crippen molar-refractivity contribution in [1.29, 1.82) is 0 Å². The molecule has 0 unspecified atom stereocenters. The molecular weight excluding hydrogens is 385 g/mol. The van der Waals surface area contributed by atoms with Gasteiger partial charge in [0.25, 0.3) is 0 Å². The van der Waals surface area contributed by atoms with E-state index in [-0.39, 0.29) is 24.8 Å². The van der Waals surface area contributed by atoms with Crippen molar-refractivity contribution in [3.8, 4) is 11.7 Å². The molecule has 0 aliphatic heterocycles. The quantitative estimate of drug-likeness (QED) is 0.538. The maximum Gasteiger partial charge on any atom is 0.237 e. The molecule has 2 aromatic heterocycles. The number of halogens is 2. The van der Waals surface area contributed by atoms with Crippen molar-refractivity contribution >= 4 is 41.5 Å². The Bertz CT molecular complexity index is 994. The molecule has 8 heteroatoms. The lowest BCUT2D eigenvalue weighted by atomic mass is 10.2. The summed E-state index contributed by atoms with van der Waals surface area (Å²) in [5.41, 5.74) is 2.02. The summed E-state index contributed by atoms with van der Waals surface area (Å²) in [6.45, 7) is 0.674. The van der Waals surface area contributed by atoms with Gasteiger partial charge in [0.05, 0.1) is 12.6 Å². The SMILES string of the molecule is COc1ccc2nc(-n3ccnc3)nc(NCc3ccccc3)c2c1.Cl.Cl. The highest BCUT2D eigenvalue weighted by Crippen LogP contribution is 2.26. The van der Waals surface area contributed by atoms with Gasteiger partial charge in [0.2, 0.25) is 5.95 Å². The third-order valence-electron chi connectivity index (χ3n) is 3.93. The van der Waals surface area contributed by atoms with Gasteiger partial charge < -0.3 is 10.1 Å². The average Bonchev–Trinajstić information content (AvgIpc) is 3.21. The zero-order chi connectivity index (χ0) is 17.1. The highest BCUT2D eigenvalue weighted by molar-refractivity contribution is 5.90. The summed E-state index contributed by atoms with van der Waals surface area (Å²) >= 11 is 0. The molecule has 0 fully saturated rings. The number of benzene rings is 2. The monoisotopic (exact) mass is 403 g/mol. The Balaban J connectivity index is 0.00000131. The number of fused-ring (bicyclic) bond motifs is 1. The van der Waals surface area contributed by atoms with E-state index in [9.17, 15) is 0 Å². The Morgan fingerprint density at radius 3 is 2.56 bits per heavy atom. The summed E-state index contributed by atoms with van der Waals surface area (Å²) in [5, 5.41) is 4.33. The molecule has 0 aliphatic carbocycles. The maximum absolute atomic E-state index is 5.34. The molecule has 0 atom stereocenters. The van der Waals surface area contributed by atoms with Crippen LogP contribution in [0.15, 0.2) is 67.3 Å². The minimum atomic E-state index is 0. The van der Waals surface area contributed by atoms with E-state index in [0.29, 0.717) is 12.5 Å². The summed E-state index contributed by atoms with van der Waals surface area (Å²) in [5.74, 6) is 2.11. The summed E-state index contributed by atoms with van der Waals surface area (Å²) < 4.78 is 7.13. The van der Waals surface area contributed by atoms with Crippen LogP contribution in [0, 0.1) is 0 Å². The number of nitrogens with zero attached hydrogens (tertiary/aromatic N) is 4. The molecule has 6 nitrogen and oxygen atoms in total. The van der Waals surface area contributed by atoms with Gasteiger partial charge in [-0.05, 0) is 23.8 Å². The number of hydrogen-bond acceptors (Lipinski definition) is 5. The highest BCUT2D eigenvalue weighted by Gasteiger charge is 2.10. The summed E-state index contributed by atoms with van der Waals surface area (Å²) in [6, 6.07) is 16.0. The molecule has 0 spiro atoms. The predicted octanol–water partition coefficient (Wildman–Crippen LogP) is 4.28. The Kier molecular flexibility index (Phi) is 6.98. The van der Waals surface area contributed by atoms with Gasteiger partial charge >= 0.3 is 0 Å². The molecule has 0 saturated carbocycles. The number of hydrogen-bond donors (Lipinski definition) is 1. The van der Waals surface area contributed by atoms with Crippen LogP contribution in [-0.4, -0.2) is 26.6 Å². The van der Waals surface area contributed by atoms with Crippen LogP contribution in [0.25, 0.3) is 16.9 Å². The fourth-order valence-corrected chi connectivity index (χ4v) is 2.63. The molecule has 0 saturated heterocycles. The first kappa shape index (κ1) is 20.5. The van der Waals surface area contributed by atoms with E-state index in [1.807, 2.05) is 42.6 Å². The van der Waals surface area contributed by atoms with Crippen LogP contribution in [0.3, 0.4) is 0 Å². The molecule has 0 amide bonds. The molecule has 1 N–H and O–H groups in total. The first-order valence-electron chi connectivity index (χ1n) is 7.95. The van der Waals surface area contributed by atoms with Gasteiger partial charge in [-0.15, -0.1) is 24.8 Å². The Labute approximate surface area is 169 Å². The Morgan fingerprint density at radius 1 is 1.04 bits per heavy atom. The second-order valence-electron chi connectivity index (χ2n) is 5.56. The van der Waals surface area contributed by atoms with Crippen LogP contribution in [0.5, 0.6) is 5.75 Å². The molecule has 0 bridgehead atoms. The van der Waals surface area contributed by atoms with Crippen molar-refractivity contribution in [2.75, 3.05) is 12.4 Å². The number of nitrogens with one attached hydrogen (secondary N) is 1. The molecule has 2 aromatic carbocycles. The van der Waals surface area contributed by atoms with Crippen LogP contribution in [0.2, 0.25) is 0 Å². The molecule has 27 heavy (non-hydrogen) atoms. The second kappa shape index (κ2) is 9.21. The van der Waals surface area contributed by atoms with E-state index in [2.05, 4.69) is 32.4 Å². The van der Waals surface area contributed by atoms with E-state index in [1.54, 1.807) is 24.2 Å². The Morgan fingerprint density at radius 2 is 1.85 bits per heavy atom. The largest absolute Gasteiger partial charge is 0.497 e. The minimum absolute atomic E-state index is 0. The van der Waals surface area contributed by atoms with Gasteiger partial charge in [-0.3, -0.25) is 4.57 Å². The Hall–Kier alpha value is -2.83. The number of anilines is 1. The van der Waals surface area contributed by atoms with Gasteiger partial charge in [-0.25, -0.2) is 9.97 Å². The number of methoxy groups -OCH3 is 1. The van der Waals surface area contributed by atoms with E-state index >= 15 is 0 Å². The highest BCUT2D eigenvalue weighted by atomic mass is 35.5. The maximum atomic E-state index is 5.34. The predicted molar refractivity (Wildman–Crippen MR) is 111 cm³/mol. The summed E-state index contributed by atoms with van der Waals surface area (Å²) in [6.07, 6.45) is 5.22. The van der Waals surface area contributed by atoms with Crippen molar-refractivity contribution in [1.82, 2.24) is 19.5 Å². The third-order valence-corrected chi connectivity index (χ3v) is 3.93. The van der Waals surface area contributed by atoms with E-state index in [4.69, 9.17) is 4.74 Å². The third kappa shape index (κ3) is 4.48. The lowest BCUT2D eigenvalue weighted by Crippen LogP contribution is -2.07. The topological polar surface area (TPSA) is 64.9 Å². The van der Waals surface area contributed by atoms with Crippen molar-refractivity contribution in [3.63, 3.8) is 0 Å². The lowest BCUT2D eigenvalue weighted by molar-refractivity contribution is 0.415. The molecule has 4 rings (SSSR count). The standard InChI is InChI=1S/C19H17N5O.2ClH/c1-25-15-7-8-17-16(11-15)18(21-12-14-5-3-2-4-6-14)23-19(22-17)24-10-9-20-13-24;;/h2-11,13H,12H2,1H3,(H,21,22,23);2*1H. The molecule has 2 heterocycles. The van der Waals surface area contributed by atoms with Crippen molar-refractivity contribution < 1.29 is 4.74 Å². The van der Waals surface area contributed by atoms with Crippen molar-refractivity contribution in [3.05, 3.63) is 72.8 Å². The van der Waals surface area contributed by atoms with Gasteiger partial charge in [0.15, 0.2) is 0 Å². The van der Waals surface area contributed by atoms with E-state index < -0.39 is 0 Å². The summed E-state index contributed by atoms with van der Waals surface area (Å²) in [4.78, 5) is 13.4. The first-order chi connectivity index (χ1) is 12.3. The zero-order valence-electron chi connectivity index (χ0n) is 14.6. The van der Waals surface area contributed by atoms with Crippen molar-refractivity contribution in [2.24, 2.45) is 0 Å². The van der Waals surface area contributed by atoms with Crippen molar-refractivity contribution in [2.45, 2.75) is 6.54 Å². The van der Waals surface area contributed by atoms with Gasteiger partial charge in [-0.1, -0.05) is 30.3 Å². The van der Waals surface area contributed by atoms with Crippen LogP contribution >= 0.6 is 24.8 Å². The van der Waals surface area contributed by atoms with E-state index in [0.717, 1.165) is 22.5 Å². The van der Waals surface area contributed by atoms with Crippen LogP contribution in [0.4, 0.5) is 5.82 Å².